The van der Waals surface area contributed by atoms with Gasteiger partial charge in [0.05, 0.1) is 5.75 Å². The minimum Gasteiger partial charge on any atom is -0.319 e. The monoisotopic (exact) mass is 248 g/mol. The van der Waals surface area contributed by atoms with Crippen LogP contribution in [0.4, 0.5) is 0 Å². The summed E-state index contributed by atoms with van der Waals surface area (Å²) >= 11 is 0. The van der Waals surface area contributed by atoms with E-state index in [0.29, 0.717) is 13.1 Å². The summed E-state index contributed by atoms with van der Waals surface area (Å²) in [4.78, 5) is 0. The Morgan fingerprint density at radius 3 is 2.38 bits per heavy atom. The third-order valence-corrected chi connectivity index (χ3v) is 5.03. The van der Waals surface area contributed by atoms with Gasteiger partial charge in [-0.25, -0.2) is 13.1 Å². The third kappa shape index (κ3) is 4.03. The molecule has 1 aliphatic rings. The lowest BCUT2D eigenvalue weighted by Gasteiger charge is -2.27. The van der Waals surface area contributed by atoms with Gasteiger partial charge in [0.1, 0.15) is 0 Å². The molecule has 0 heterocycles. The van der Waals surface area contributed by atoms with Crippen LogP contribution in [0.1, 0.15) is 39.0 Å². The van der Waals surface area contributed by atoms with E-state index in [-0.39, 0.29) is 11.2 Å². The predicted molar refractivity (Wildman–Crippen MR) is 66.9 cm³/mol. The van der Waals surface area contributed by atoms with Gasteiger partial charge in [-0.05, 0) is 31.7 Å². The maximum atomic E-state index is 11.7. The second-order valence-corrected chi connectivity index (χ2v) is 6.73. The molecule has 4 nitrogen and oxygen atoms in total. The minimum atomic E-state index is -3.09. The summed E-state index contributed by atoms with van der Waals surface area (Å²) in [5.74, 6) is 0.170. The van der Waals surface area contributed by atoms with Crippen LogP contribution in [-0.2, 0) is 10.0 Å². The van der Waals surface area contributed by atoms with E-state index in [1.807, 2.05) is 0 Å². The van der Waals surface area contributed by atoms with E-state index in [1.54, 1.807) is 7.05 Å². The predicted octanol–water partition coefficient (Wildman–Crippen LogP) is 1.10. The van der Waals surface area contributed by atoms with E-state index in [4.69, 9.17) is 0 Å². The summed E-state index contributed by atoms with van der Waals surface area (Å²) in [5.41, 5.74) is 0.229. The molecule has 96 valence electrons. The summed E-state index contributed by atoms with van der Waals surface area (Å²) < 4.78 is 26.1. The lowest BCUT2D eigenvalue weighted by atomic mass is 9.84. The molecule has 1 saturated carbocycles. The Morgan fingerprint density at radius 2 is 1.88 bits per heavy atom. The van der Waals surface area contributed by atoms with Gasteiger partial charge in [-0.15, -0.1) is 0 Å². The van der Waals surface area contributed by atoms with Gasteiger partial charge in [0.25, 0.3) is 0 Å². The lowest BCUT2D eigenvalue weighted by molar-refractivity contribution is 0.285. The maximum absolute atomic E-state index is 11.7. The fraction of sp³-hybridized carbons (Fsp3) is 1.00. The van der Waals surface area contributed by atoms with Crippen molar-refractivity contribution in [1.29, 1.82) is 0 Å². The molecule has 0 spiro atoms. The summed E-state index contributed by atoms with van der Waals surface area (Å²) in [6, 6.07) is 0. The lowest BCUT2D eigenvalue weighted by Crippen LogP contribution is -2.38. The van der Waals surface area contributed by atoms with Gasteiger partial charge in [0.2, 0.25) is 10.0 Å². The summed E-state index contributed by atoms with van der Waals surface area (Å²) in [6.07, 6.45) is 5.88. The van der Waals surface area contributed by atoms with E-state index < -0.39 is 10.0 Å². The summed E-state index contributed by atoms with van der Waals surface area (Å²) in [7, 11) is -1.33. The van der Waals surface area contributed by atoms with Gasteiger partial charge >= 0.3 is 0 Å². The van der Waals surface area contributed by atoms with Crippen molar-refractivity contribution in [3.05, 3.63) is 0 Å². The number of hydrogen-bond donors (Lipinski definition) is 2. The first-order valence-electron chi connectivity index (χ1n) is 6.15. The first-order valence-corrected chi connectivity index (χ1v) is 7.81. The second kappa shape index (κ2) is 5.98. The van der Waals surface area contributed by atoms with Gasteiger partial charge in [0.15, 0.2) is 0 Å². The van der Waals surface area contributed by atoms with Crippen LogP contribution in [0, 0.1) is 5.41 Å². The SMILES string of the molecule is CCC1(CNS(=O)(=O)CCNC)CCCC1. The zero-order chi connectivity index (χ0) is 12.1. The number of nitrogens with one attached hydrogen (secondary N) is 2. The molecular weight excluding hydrogens is 224 g/mol. The second-order valence-electron chi connectivity index (χ2n) is 4.80. The molecule has 0 unspecified atom stereocenters. The molecule has 0 bridgehead atoms. The topological polar surface area (TPSA) is 58.2 Å². The maximum Gasteiger partial charge on any atom is 0.212 e. The Balaban J connectivity index is 2.43. The fourth-order valence-corrected chi connectivity index (χ4v) is 3.50. The van der Waals surface area contributed by atoms with Gasteiger partial charge in [0, 0.05) is 13.1 Å². The normalized spacial score (nSPS) is 20.1. The molecule has 16 heavy (non-hydrogen) atoms. The Bertz CT molecular complexity index is 295. The van der Waals surface area contributed by atoms with Crippen molar-refractivity contribution in [3.63, 3.8) is 0 Å². The number of sulfonamides is 1. The quantitative estimate of drug-likeness (QED) is 0.709. The molecule has 5 heteroatoms. The molecule has 1 aliphatic carbocycles. The van der Waals surface area contributed by atoms with Gasteiger partial charge < -0.3 is 5.32 Å². The highest BCUT2D eigenvalue weighted by Gasteiger charge is 2.32. The van der Waals surface area contributed by atoms with Gasteiger partial charge in [-0.1, -0.05) is 19.8 Å². The van der Waals surface area contributed by atoms with Crippen LogP contribution < -0.4 is 10.0 Å². The van der Waals surface area contributed by atoms with E-state index in [1.165, 1.54) is 12.8 Å². The number of rotatable bonds is 7. The van der Waals surface area contributed by atoms with E-state index in [0.717, 1.165) is 19.3 Å². The molecule has 1 fully saturated rings. The molecular formula is C11H24N2O2S. The number of hydrogen-bond acceptors (Lipinski definition) is 3. The zero-order valence-electron chi connectivity index (χ0n) is 10.4. The standard InChI is InChI=1S/C11H24N2O2S/c1-3-11(6-4-5-7-11)10-13-16(14,15)9-8-12-2/h12-13H,3-10H2,1-2H3. The van der Waals surface area contributed by atoms with Crippen LogP contribution in [0.25, 0.3) is 0 Å². The van der Waals surface area contributed by atoms with Crippen LogP contribution in [0.15, 0.2) is 0 Å². The summed E-state index contributed by atoms with van der Waals surface area (Å²) in [6.45, 7) is 3.29. The molecule has 0 saturated heterocycles. The molecule has 0 aromatic rings. The van der Waals surface area contributed by atoms with Crippen molar-refractivity contribution < 1.29 is 8.42 Å². The third-order valence-electron chi connectivity index (χ3n) is 3.70. The molecule has 2 N–H and O–H groups in total. The molecule has 0 radical (unpaired) electrons. The Morgan fingerprint density at radius 1 is 1.25 bits per heavy atom. The van der Waals surface area contributed by atoms with Crippen LogP contribution >= 0.6 is 0 Å². The average Bonchev–Trinajstić information content (AvgIpc) is 2.74. The van der Waals surface area contributed by atoms with Gasteiger partial charge in [-0.2, -0.15) is 0 Å². The zero-order valence-corrected chi connectivity index (χ0v) is 11.2. The fourth-order valence-electron chi connectivity index (χ4n) is 2.35. The van der Waals surface area contributed by atoms with Crippen LogP contribution in [0.2, 0.25) is 0 Å². The van der Waals surface area contributed by atoms with Crippen molar-refractivity contribution in [2.45, 2.75) is 39.0 Å². The molecule has 1 rings (SSSR count). The van der Waals surface area contributed by atoms with E-state index >= 15 is 0 Å². The van der Waals surface area contributed by atoms with Crippen molar-refractivity contribution in [2.75, 3.05) is 25.9 Å². The first-order chi connectivity index (χ1) is 7.54. The molecule has 0 atom stereocenters. The van der Waals surface area contributed by atoms with Crippen molar-refractivity contribution in [1.82, 2.24) is 10.0 Å². The van der Waals surface area contributed by atoms with Crippen molar-refractivity contribution >= 4 is 10.0 Å². The minimum absolute atomic E-state index is 0.170. The van der Waals surface area contributed by atoms with Crippen LogP contribution in [-0.4, -0.2) is 34.3 Å². The van der Waals surface area contributed by atoms with E-state index in [9.17, 15) is 8.42 Å². The van der Waals surface area contributed by atoms with Crippen LogP contribution in [0.5, 0.6) is 0 Å². The first kappa shape index (κ1) is 13.9. The molecule has 0 amide bonds. The average molecular weight is 248 g/mol. The largest absolute Gasteiger partial charge is 0.319 e. The highest BCUT2D eigenvalue weighted by Crippen LogP contribution is 2.40. The van der Waals surface area contributed by atoms with Crippen molar-refractivity contribution in [3.8, 4) is 0 Å². The van der Waals surface area contributed by atoms with Crippen LogP contribution in [0.3, 0.4) is 0 Å². The summed E-state index contributed by atoms with van der Waals surface area (Å²) in [5, 5.41) is 2.86. The Hall–Kier alpha value is -0.130. The molecule has 0 aliphatic heterocycles. The highest BCUT2D eigenvalue weighted by atomic mass is 32.2. The smallest absolute Gasteiger partial charge is 0.212 e. The molecule has 0 aromatic heterocycles. The van der Waals surface area contributed by atoms with Crippen molar-refractivity contribution in [2.24, 2.45) is 5.41 Å². The Labute approximate surface area is 99.2 Å². The van der Waals surface area contributed by atoms with E-state index in [2.05, 4.69) is 17.0 Å². The van der Waals surface area contributed by atoms with Gasteiger partial charge in [-0.3, -0.25) is 0 Å². The highest BCUT2D eigenvalue weighted by molar-refractivity contribution is 7.89. The Kier molecular flexibility index (Phi) is 5.21. The molecule has 0 aromatic carbocycles.